The fraction of sp³-hybridized carbons (Fsp3) is 0.490. The standard InChI is InChI=1S/C51H60N6O10S/c1-4-33-27-37-39(51(2,3)48-46(47(37)60)36-9-8-32(29-52)26-40(36)54-48)28-42(33)56-14-12-34(13-15-56)53-45(59)31-67-23-22-65-19-18-63-16-17-64-20-21-66-24-25-68-43-7-5-6-35-38(43)30-57(50(35)62)41-10-11-44(58)55-49(41)61/h5-9,26-28,34,41,54H,4,10-25,30-31H2,1-3H3,(H,53,59)(H,55,58,61). The van der Waals surface area contributed by atoms with Crippen molar-refractivity contribution >= 4 is 57.8 Å². The molecule has 3 aliphatic heterocycles. The van der Waals surface area contributed by atoms with E-state index in [1.165, 1.54) is 0 Å². The number of anilines is 1. The normalized spacial score (nSPS) is 17.8. The van der Waals surface area contributed by atoms with Crippen molar-refractivity contribution in [3.63, 3.8) is 0 Å². The second-order valence-corrected chi connectivity index (χ2v) is 19.1. The van der Waals surface area contributed by atoms with Gasteiger partial charge in [0.05, 0.1) is 76.7 Å². The third-order valence-corrected chi connectivity index (χ3v) is 14.3. The maximum absolute atomic E-state index is 14.1. The second-order valence-electron chi connectivity index (χ2n) is 17.9. The van der Waals surface area contributed by atoms with E-state index in [1.54, 1.807) is 28.8 Å². The van der Waals surface area contributed by atoms with Crippen LogP contribution in [0, 0.1) is 11.3 Å². The molecule has 16 nitrogen and oxygen atoms in total. The number of fused-ring (bicyclic) bond motifs is 5. The number of benzene rings is 3. The number of rotatable bonds is 22. The van der Waals surface area contributed by atoms with Crippen LogP contribution in [0.4, 0.5) is 5.69 Å². The van der Waals surface area contributed by atoms with Gasteiger partial charge in [0, 0.05) is 81.6 Å². The zero-order valence-electron chi connectivity index (χ0n) is 39.0. The summed E-state index contributed by atoms with van der Waals surface area (Å²) in [5, 5.41) is 15.8. The van der Waals surface area contributed by atoms with Gasteiger partial charge in [-0.25, -0.2) is 0 Å². The molecule has 0 radical (unpaired) electrons. The maximum Gasteiger partial charge on any atom is 0.255 e. The van der Waals surface area contributed by atoms with Crippen LogP contribution in [0.3, 0.4) is 0 Å². The minimum atomic E-state index is -0.634. The van der Waals surface area contributed by atoms with E-state index in [0.29, 0.717) is 94.9 Å². The molecule has 4 aliphatic rings. The summed E-state index contributed by atoms with van der Waals surface area (Å²) < 4.78 is 28.1. The number of imide groups is 1. The lowest BCUT2D eigenvalue weighted by atomic mass is 9.70. The van der Waals surface area contributed by atoms with Crippen molar-refractivity contribution in [3.05, 3.63) is 93.2 Å². The van der Waals surface area contributed by atoms with Crippen molar-refractivity contribution in [1.29, 1.82) is 5.26 Å². The summed E-state index contributed by atoms with van der Waals surface area (Å²) in [6.07, 6.45) is 2.93. The van der Waals surface area contributed by atoms with E-state index in [9.17, 15) is 29.2 Å². The van der Waals surface area contributed by atoms with Gasteiger partial charge >= 0.3 is 0 Å². The van der Waals surface area contributed by atoms with Crippen LogP contribution < -0.4 is 15.5 Å². The minimum Gasteiger partial charge on any atom is -0.378 e. The van der Waals surface area contributed by atoms with Gasteiger partial charge in [0.2, 0.25) is 17.7 Å². The van der Waals surface area contributed by atoms with Crippen LogP contribution in [0.1, 0.15) is 101 Å². The lowest BCUT2D eigenvalue weighted by molar-refractivity contribution is -0.137. The highest BCUT2D eigenvalue weighted by molar-refractivity contribution is 7.99. The molecule has 0 saturated carbocycles. The first-order valence-corrected chi connectivity index (χ1v) is 24.6. The molecule has 4 heterocycles. The Morgan fingerprint density at radius 3 is 2.24 bits per heavy atom. The Kier molecular flexibility index (Phi) is 16.0. The highest BCUT2D eigenvalue weighted by atomic mass is 32.2. The number of nitriles is 1. The quantitative estimate of drug-likeness (QED) is 0.0529. The molecule has 0 bridgehead atoms. The smallest absolute Gasteiger partial charge is 0.255 e. The van der Waals surface area contributed by atoms with Gasteiger partial charge in [0.1, 0.15) is 12.6 Å². The van der Waals surface area contributed by atoms with Crippen LogP contribution in [0.25, 0.3) is 10.9 Å². The number of piperidine rings is 2. The molecule has 0 spiro atoms. The van der Waals surface area contributed by atoms with Gasteiger partial charge in [-0.05, 0) is 78.8 Å². The van der Waals surface area contributed by atoms with Crippen molar-refractivity contribution in [2.75, 3.05) is 89.8 Å². The van der Waals surface area contributed by atoms with Gasteiger partial charge in [-0.1, -0.05) is 32.9 Å². The summed E-state index contributed by atoms with van der Waals surface area (Å²) in [7, 11) is 0. The molecule has 4 amide bonds. The van der Waals surface area contributed by atoms with Gasteiger partial charge in [-0.15, -0.1) is 11.8 Å². The highest BCUT2D eigenvalue weighted by Crippen LogP contribution is 2.46. The Morgan fingerprint density at radius 2 is 1.56 bits per heavy atom. The number of aromatic amines is 1. The Labute approximate surface area is 400 Å². The molecule has 3 aromatic carbocycles. The van der Waals surface area contributed by atoms with Gasteiger partial charge in [-0.2, -0.15) is 5.26 Å². The number of ketones is 1. The molecule has 4 aromatic rings. The van der Waals surface area contributed by atoms with E-state index >= 15 is 0 Å². The molecular weight excluding hydrogens is 889 g/mol. The molecule has 1 unspecified atom stereocenters. The van der Waals surface area contributed by atoms with E-state index < -0.39 is 17.4 Å². The topological polar surface area (TPSA) is 202 Å². The Balaban J connectivity index is 0.643. The molecule has 68 heavy (non-hydrogen) atoms. The second kappa shape index (κ2) is 22.2. The van der Waals surface area contributed by atoms with Crippen LogP contribution in [-0.2, 0) is 56.4 Å². The number of aromatic nitrogens is 1. The number of aryl methyl sites for hydroxylation is 1. The van der Waals surface area contributed by atoms with Gasteiger partial charge in [-0.3, -0.25) is 29.3 Å². The molecular formula is C51H60N6O10S. The Bertz CT molecular complexity index is 2580. The van der Waals surface area contributed by atoms with Crippen molar-refractivity contribution < 1.29 is 47.7 Å². The molecule has 8 rings (SSSR count). The number of nitrogens with one attached hydrogen (secondary N) is 3. The zero-order chi connectivity index (χ0) is 47.8. The summed E-state index contributed by atoms with van der Waals surface area (Å²) in [6.45, 7) is 12.0. The van der Waals surface area contributed by atoms with Crippen molar-refractivity contribution in [1.82, 2.24) is 20.5 Å². The third kappa shape index (κ3) is 10.8. The fourth-order valence-corrected chi connectivity index (χ4v) is 10.6. The average molecular weight is 949 g/mol. The van der Waals surface area contributed by atoms with Crippen LogP contribution in [-0.4, -0.2) is 136 Å². The first-order valence-electron chi connectivity index (χ1n) is 23.6. The molecule has 2 fully saturated rings. The van der Waals surface area contributed by atoms with E-state index in [0.717, 1.165) is 81.8 Å². The van der Waals surface area contributed by atoms with E-state index in [-0.39, 0.29) is 42.6 Å². The lowest BCUT2D eigenvalue weighted by Crippen LogP contribution is -2.52. The number of hydrogen-bond donors (Lipinski definition) is 3. The largest absolute Gasteiger partial charge is 0.378 e. The molecule has 360 valence electrons. The summed E-state index contributed by atoms with van der Waals surface area (Å²) >= 11 is 1.60. The maximum atomic E-state index is 14.1. The van der Waals surface area contributed by atoms with Crippen molar-refractivity contribution in [2.24, 2.45) is 0 Å². The van der Waals surface area contributed by atoms with E-state index in [4.69, 9.17) is 23.7 Å². The monoisotopic (exact) mass is 948 g/mol. The molecule has 1 aliphatic carbocycles. The minimum absolute atomic E-state index is 0.0107. The SMILES string of the molecule is CCc1cc2c(cc1N1CCC(NC(=O)COCCOCCOCCOCCOCCSc3cccc4c3CN(C3CCC(=O)NC3=O)C4=O)CC1)C(C)(C)c1[nH]c3cc(C#N)ccc3c1C2=O. The molecule has 3 N–H and O–H groups in total. The van der Waals surface area contributed by atoms with Crippen LogP contribution in [0.15, 0.2) is 53.4 Å². The van der Waals surface area contributed by atoms with Crippen LogP contribution in [0.5, 0.6) is 0 Å². The fourth-order valence-electron chi connectivity index (χ4n) is 9.64. The summed E-state index contributed by atoms with van der Waals surface area (Å²) in [4.78, 5) is 72.2. The first-order chi connectivity index (χ1) is 33.0. The number of amides is 4. The average Bonchev–Trinajstić information content (AvgIpc) is 3.90. The molecule has 1 aromatic heterocycles. The highest BCUT2D eigenvalue weighted by Gasteiger charge is 2.42. The van der Waals surface area contributed by atoms with Crippen molar-refractivity contribution in [3.8, 4) is 6.07 Å². The van der Waals surface area contributed by atoms with Crippen LogP contribution >= 0.6 is 11.8 Å². The summed E-state index contributed by atoms with van der Waals surface area (Å²) in [6, 6.07) is 16.9. The number of carbonyl (C=O) groups is 5. The zero-order valence-corrected chi connectivity index (χ0v) is 39.9. The molecule has 17 heteroatoms. The Morgan fingerprint density at radius 1 is 0.868 bits per heavy atom. The number of nitrogens with zero attached hydrogens (tertiary/aromatic N) is 3. The van der Waals surface area contributed by atoms with Gasteiger partial charge in [0.25, 0.3) is 5.91 Å². The van der Waals surface area contributed by atoms with Crippen LogP contribution in [0.2, 0.25) is 0 Å². The predicted molar refractivity (Wildman–Crippen MR) is 255 cm³/mol. The molecule has 1 atom stereocenters. The number of H-pyrrole nitrogens is 1. The third-order valence-electron chi connectivity index (χ3n) is 13.2. The van der Waals surface area contributed by atoms with Crippen molar-refractivity contribution in [2.45, 2.75) is 81.8 Å². The van der Waals surface area contributed by atoms with E-state index in [2.05, 4.69) is 59.5 Å². The number of hydrogen-bond acceptors (Lipinski definition) is 13. The van der Waals surface area contributed by atoms with Gasteiger partial charge in [0.15, 0.2) is 5.78 Å². The predicted octanol–water partition coefficient (Wildman–Crippen LogP) is 5.19. The first kappa shape index (κ1) is 48.8. The number of ether oxygens (including phenoxy) is 5. The lowest BCUT2D eigenvalue weighted by Gasteiger charge is -2.38. The van der Waals surface area contributed by atoms with E-state index in [1.807, 2.05) is 24.3 Å². The van der Waals surface area contributed by atoms with Gasteiger partial charge < -0.3 is 43.8 Å². The molecule has 2 saturated heterocycles. The number of carbonyl (C=O) groups excluding carboxylic acids is 5. The summed E-state index contributed by atoms with van der Waals surface area (Å²) in [5.41, 5.74) is 7.95. The number of thioether (sulfide) groups is 1. The Hall–Kier alpha value is -5.61. The summed E-state index contributed by atoms with van der Waals surface area (Å²) in [5.74, 6) is -0.344.